The van der Waals surface area contributed by atoms with E-state index >= 15 is 0 Å². The monoisotopic (exact) mass is 455 g/mol. The third-order valence-corrected chi connectivity index (χ3v) is 6.18. The summed E-state index contributed by atoms with van der Waals surface area (Å²) in [5.74, 6) is -6.51. The molecule has 0 aromatic heterocycles. The van der Waals surface area contributed by atoms with Crippen LogP contribution in [0.4, 0.5) is 0 Å². The minimum Gasteiger partial charge on any atom is -0.511 e. The van der Waals surface area contributed by atoms with E-state index in [2.05, 4.69) is 12.1 Å². The first kappa shape index (κ1) is 24.0. The maximum Gasteiger partial charge on any atom is 0.337 e. The van der Waals surface area contributed by atoms with Gasteiger partial charge in [0.2, 0.25) is 0 Å². The summed E-state index contributed by atoms with van der Waals surface area (Å²) in [7, 11) is 2.21. The summed E-state index contributed by atoms with van der Waals surface area (Å²) in [6, 6.07) is 18.9. The van der Waals surface area contributed by atoms with Crippen LogP contribution in [0.25, 0.3) is 0 Å². The van der Waals surface area contributed by atoms with Gasteiger partial charge in [-0.15, -0.1) is 0 Å². The normalized spacial score (nSPS) is 20.9. The third kappa shape index (κ3) is 3.74. The number of hydrogen-bond acceptors (Lipinski definition) is 8. The highest BCUT2D eigenvalue weighted by Gasteiger charge is 2.61. The largest absolute Gasteiger partial charge is 0.511 e. The van der Waals surface area contributed by atoms with Gasteiger partial charge in [0.1, 0.15) is 11.7 Å². The summed E-state index contributed by atoms with van der Waals surface area (Å²) < 4.78 is 9.79. The van der Waals surface area contributed by atoms with E-state index in [-0.39, 0.29) is 5.57 Å². The van der Waals surface area contributed by atoms with Crippen molar-refractivity contribution in [2.24, 2.45) is 11.3 Å². The first-order valence-corrected chi connectivity index (χ1v) is 10.3. The van der Waals surface area contributed by atoms with Gasteiger partial charge in [-0.25, -0.2) is 4.79 Å². The van der Waals surface area contributed by atoms with Gasteiger partial charge in [-0.05, 0) is 30.2 Å². The second-order valence-electron chi connectivity index (χ2n) is 7.94. The van der Waals surface area contributed by atoms with Crippen molar-refractivity contribution in [3.05, 3.63) is 82.1 Å². The van der Waals surface area contributed by atoms with Gasteiger partial charge in [0, 0.05) is 5.92 Å². The van der Waals surface area contributed by atoms with Crippen molar-refractivity contribution >= 4 is 11.9 Å². The highest BCUT2D eigenvalue weighted by atomic mass is 16.5. The molecule has 8 heteroatoms. The molecule has 0 bridgehead atoms. The van der Waals surface area contributed by atoms with Crippen LogP contribution in [0.5, 0.6) is 0 Å². The Bertz CT molecular complexity index is 1260. The number of ether oxygens (including phenoxy) is 2. The van der Waals surface area contributed by atoms with Gasteiger partial charge in [0.25, 0.3) is 0 Å². The molecule has 0 fully saturated rings. The smallest absolute Gasteiger partial charge is 0.337 e. The molecule has 8 nitrogen and oxygen atoms in total. The second kappa shape index (κ2) is 9.48. The molecule has 0 spiro atoms. The average Bonchev–Trinajstić information content (AvgIpc) is 2.87. The lowest BCUT2D eigenvalue weighted by Crippen LogP contribution is -2.47. The Morgan fingerprint density at radius 1 is 0.912 bits per heavy atom. The third-order valence-electron chi connectivity index (χ3n) is 6.18. The summed E-state index contributed by atoms with van der Waals surface area (Å²) >= 11 is 0. The lowest BCUT2D eigenvalue weighted by molar-refractivity contribution is -0.147. The molecule has 3 rings (SSSR count). The van der Waals surface area contributed by atoms with Gasteiger partial charge in [0.15, 0.2) is 5.41 Å². The van der Waals surface area contributed by atoms with Crippen molar-refractivity contribution in [2.75, 3.05) is 14.2 Å². The van der Waals surface area contributed by atoms with Crippen LogP contribution < -0.4 is 0 Å². The zero-order valence-electron chi connectivity index (χ0n) is 18.8. The number of aryl methyl sites for hydroxylation is 1. The Labute approximate surface area is 196 Å². The van der Waals surface area contributed by atoms with Gasteiger partial charge in [-0.3, -0.25) is 4.79 Å². The fraction of sp³-hybridized carbons (Fsp3) is 0.269. The molecule has 2 aromatic carbocycles. The van der Waals surface area contributed by atoms with Crippen LogP contribution in [0.3, 0.4) is 0 Å². The fourth-order valence-corrected chi connectivity index (χ4v) is 4.55. The summed E-state index contributed by atoms with van der Waals surface area (Å²) in [6.07, 6.45) is 0. The number of aliphatic hydroxyl groups excluding tert-OH is 1. The first-order valence-electron chi connectivity index (χ1n) is 10.3. The molecule has 0 radical (unpaired) electrons. The Morgan fingerprint density at radius 2 is 1.47 bits per heavy atom. The molecular formula is C26H21N3O5. The molecule has 1 N–H and O–H groups in total. The molecule has 0 aliphatic heterocycles. The van der Waals surface area contributed by atoms with Crippen molar-refractivity contribution in [1.82, 2.24) is 0 Å². The van der Waals surface area contributed by atoms with Crippen LogP contribution in [-0.4, -0.2) is 31.3 Å². The van der Waals surface area contributed by atoms with Crippen LogP contribution in [0.1, 0.15) is 34.1 Å². The molecular weight excluding hydrogens is 434 g/mol. The number of nitrogens with zero attached hydrogens (tertiary/aromatic N) is 3. The van der Waals surface area contributed by atoms with Gasteiger partial charge in [-0.1, -0.05) is 42.0 Å². The van der Waals surface area contributed by atoms with Gasteiger partial charge in [0.05, 0.1) is 49.5 Å². The molecule has 1 aliphatic carbocycles. The van der Waals surface area contributed by atoms with Crippen LogP contribution in [0.15, 0.2) is 59.9 Å². The van der Waals surface area contributed by atoms with Gasteiger partial charge < -0.3 is 14.6 Å². The van der Waals surface area contributed by atoms with Crippen LogP contribution in [0.2, 0.25) is 0 Å². The highest BCUT2D eigenvalue weighted by molar-refractivity contribution is 5.94. The van der Waals surface area contributed by atoms with E-state index < -0.39 is 40.9 Å². The first-order chi connectivity index (χ1) is 16.3. The minimum absolute atomic E-state index is 0.332. The van der Waals surface area contributed by atoms with Gasteiger partial charge >= 0.3 is 11.9 Å². The number of rotatable bonds is 4. The molecule has 0 saturated carbocycles. The summed E-state index contributed by atoms with van der Waals surface area (Å²) in [5.41, 5.74) is -0.359. The number of nitriles is 3. The molecule has 1 aliphatic rings. The SMILES string of the molecule is COC(=O)C1=C(O)C(C(=O)OC)C(c2ccc(C#N)cc2)C(C#N)(C#N)C1c1ccc(C)cc1. The van der Waals surface area contributed by atoms with Crippen LogP contribution >= 0.6 is 0 Å². The Morgan fingerprint density at radius 3 is 1.94 bits per heavy atom. The van der Waals surface area contributed by atoms with E-state index in [4.69, 9.17) is 14.7 Å². The fourth-order valence-electron chi connectivity index (χ4n) is 4.55. The van der Waals surface area contributed by atoms with Gasteiger partial charge in [-0.2, -0.15) is 15.8 Å². The lowest BCUT2D eigenvalue weighted by Gasteiger charge is -2.44. The van der Waals surface area contributed by atoms with E-state index in [1.165, 1.54) is 24.3 Å². The maximum absolute atomic E-state index is 12.9. The van der Waals surface area contributed by atoms with Crippen molar-refractivity contribution < 1.29 is 24.2 Å². The Balaban J connectivity index is 2.46. The number of hydrogen-bond donors (Lipinski definition) is 1. The second-order valence-corrected chi connectivity index (χ2v) is 7.94. The molecule has 34 heavy (non-hydrogen) atoms. The van der Waals surface area contributed by atoms with Crippen LogP contribution in [0, 0.1) is 52.2 Å². The van der Waals surface area contributed by atoms with E-state index in [0.717, 1.165) is 19.8 Å². The Hall–Kier alpha value is -4.61. The number of carbonyl (C=O) groups is 2. The number of benzene rings is 2. The van der Waals surface area contributed by atoms with E-state index in [0.29, 0.717) is 16.7 Å². The number of carbonyl (C=O) groups excluding carboxylic acids is 2. The number of aliphatic hydroxyl groups is 1. The molecule has 3 atom stereocenters. The molecule has 2 aromatic rings. The zero-order chi connectivity index (χ0) is 25.0. The van der Waals surface area contributed by atoms with Crippen molar-refractivity contribution in [1.29, 1.82) is 15.8 Å². The molecule has 0 saturated heterocycles. The van der Waals surface area contributed by atoms with E-state index in [1.54, 1.807) is 24.3 Å². The summed E-state index contributed by atoms with van der Waals surface area (Å²) in [5, 5.41) is 41.4. The maximum atomic E-state index is 12.9. The predicted molar refractivity (Wildman–Crippen MR) is 119 cm³/mol. The topological polar surface area (TPSA) is 144 Å². The molecule has 0 heterocycles. The van der Waals surface area contributed by atoms with Crippen molar-refractivity contribution in [2.45, 2.75) is 18.8 Å². The average molecular weight is 455 g/mol. The minimum atomic E-state index is -2.02. The van der Waals surface area contributed by atoms with E-state index in [1.807, 2.05) is 13.0 Å². The quantitative estimate of drug-likeness (QED) is 0.689. The van der Waals surface area contributed by atoms with Crippen LogP contribution in [-0.2, 0) is 19.1 Å². The molecule has 170 valence electrons. The van der Waals surface area contributed by atoms with E-state index in [9.17, 15) is 25.2 Å². The zero-order valence-corrected chi connectivity index (χ0v) is 18.8. The van der Waals surface area contributed by atoms with Crippen molar-refractivity contribution in [3.8, 4) is 18.2 Å². The lowest BCUT2D eigenvalue weighted by atomic mass is 9.54. The summed E-state index contributed by atoms with van der Waals surface area (Å²) in [6.45, 7) is 1.86. The number of esters is 2. The predicted octanol–water partition coefficient (Wildman–Crippen LogP) is 3.56. The summed E-state index contributed by atoms with van der Waals surface area (Å²) in [4.78, 5) is 25.8. The highest BCUT2D eigenvalue weighted by Crippen LogP contribution is 2.58. The molecule has 0 amide bonds. The Kier molecular flexibility index (Phi) is 6.71. The van der Waals surface area contributed by atoms with Crippen molar-refractivity contribution in [3.63, 3.8) is 0 Å². The molecule has 3 unspecified atom stereocenters. The number of methoxy groups -OCH3 is 2. The standard InChI is InChI=1S/C26H21N3O5/c1-15-4-8-17(9-5-15)21-19(24(31)33-2)23(30)20(25(32)34-3)22(26(21,13-28)14-29)18-10-6-16(12-27)7-11-18/h4-11,20-22,30H,1-3H3.